The lowest BCUT2D eigenvalue weighted by atomic mass is 10.2. The summed E-state index contributed by atoms with van der Waals surface area (Å²) in [7, 11) is 4.77. The predicted molar refractivity (Wildman–Crippen MR) is 110 cm³/mol. The van der Waals surface area contributed by atoms with Gasteiger partial charge in [0.2, 0.25) is 17.7 Å². The van der Waals surface area contributed by atoms with Crippen molar-refractivity contribution in [2.45, 2.75) is 6.54 Å². The Hall–Kier alpha value is -3.32. The van der Waals surface area contributed by atoms with Gasteiger partial charge in [-0.15, -0.1) is 10.2 Å². The normalized spacial score (nSPS) is 10.9. The molecule has 0 N–H and O–H groups in total. The lowest BCUT2D eigenvalue weighted by molar-refractivity contribution is -0.125. The first-order valence-electron chi connectivity index (χ1n) is 8.74. The highest BCUT2D eigenvalue weighted by atomic mass is 35.5. The zero-order valence-corrected chi connectivity index (χ0v) is 17.0. The second-order valence-electron chi connectivity index (χ2n) is 6.12. The van der Waals surface area contributed by atoms with Gasteiger partial charge in [0.05, 0.1) is 20.8 Å². The van der Waals surface area contributed by atoms with Crippen LogP contribution in [-0.4, -0.2) is 42.3 Å². The van der Waals surface area contributed by atoms with E-state index in [0.29, 0.717) is 33.9 Å². The monoisotopic (exact) mass is 413 g/mol. The number of rotatable bonds is 7. The first-order chi connectivity index (χ1) is 14.0. The van der Waals surface area contributed by atoms with E-state index in [2.05, 4.69) is 10.2 Å². The number of amides is 1. The molecule has 8 heteroatoms. The van der Waals surface area contributed by atoms with Gasteiger partial charge in [-0.05, 0) is 35.9 Å². The van der Waals surface area contributed by atoms with Crippen LogP contribution in [0.25, 0.3) is 17.5 Å². The second kappa shape index (κ2) is 9.25. The molecular formula is C21H20ClN3O4. The Morgan fingerprint density at radius 2 is 1.90 bits per heavy atom. The number of benzene rings is 2. The minimum Gasteiger partial charge on any atom is -0.493 e. The number of ether oxygens (including phenoxy) is 2. The van der Waals surface area contributed by atoms with Gasteiger partial charge >= 0.3 is 0 Å². The van der Waals surface area contributed by atoms with Gasteiger partial charge in [-0.3, -0.25) is 4.79 Å². The summed E-state index contributed by atoms with van der Waals surface area (Å²) in [5.74, 6) is 1.59. The van der Waals surface area contributed by atoms with Gasteiger partial charge < -0.3 is 18.8 Å². The smallest absolute Gasteiger partial charge is 0.247 e. The minimum atomic E-state index is -0.212. The molecule has 1 heterocycles. The fraction of sp³-hybridized carbons (Fsp3) is 0.190. The average molecular weight is 414 g/mol. The maximum atomic E-state index is 12.3. The van der Waals surface area contributed by atoms with Crippen molar-refractivity contribution in [2.75, 3.05) is 21.3 Å². The van der Waals surface area contributed by atoms with Crippen LogP contribution in [-0.2, 0) is 11.3 Å². The van der Waals surface area contributed by atoms with Gasteiger partial charge in [-0.2, -0.15) is 0 Å². The van der Waals surface area contributed by atoms with Gasteiger partial charge in [-0.1, -0.05) is 29.8 Å². The summed E-state index contributed by atoms with van der Waals surface area (Å²) in [5.41, 5.74) is 1.46. The number of methoxy groups -OCH3 is 2. The zero-order chi connectivity index (χ0) is 20.8. The maximum absolute atomic E-state index is 12.3. The Morgan fingerprint density at radius 3 is 2.62 bits per heavy atom. The molecule has 7 nitrogen and oxygen atoms in total. The van der Waals surface area contributed by atoms with E-state index in [4.69, 9.17) is 25.5 Å². The quantitative estimate of drug-likeness (QED) is 0.543. The maximum Gasteiger partial charge on any atom is 0.247 e. The van der Waals surface area contributed by atoms with Crippen LogP contribution in [0.4, 0.5) is 0 Å². The summed E-state index contributed by atoms with van der Waals surface area (Å²) in [4.78, 5) is 13.8. The van der Waals surface area contributed by atoms with E-state index in [0.717, 1.165) is 5.56 Å². The average Bonchev–Trinajstić information content (AvgIpc) is 3.20. The Labute approximate surface area is 173 Å². The van der Waals surface area contributed by atoms with E-state index >= 15 is 0 Å². The van der Waals surface area contributed by atoms with Crippen LogP contribution < -0.4 is 9.47 Å². The van der Waals surface area contributed by atoms with Crippen molar-refractivity contribution in [3.63, 3.8) is 0 Å². The Morgan fingerprint density at radius 1 is 1.14 bits per heavy atom. The van der Waals surface area contributed by atoms with Crippen LogP contribution in [0.2, 0.25) is 5.02 Å². The molecule has 29 heavy (non-hydrogen) atoms. The van der Waals surface area contributed by atoms with Crippen molar-refractivity contribution in [1.82, 2.24) is 15.1 Å². The molecule has 0 aliphatic carbocycles. The summed E-state index contributed by atoms with van der Waals surface area (Å²) >= 11 is 6.09. The van der Waals surface area contributed by atoms with Gasteiger partial charge in [0, 0.05) is 23.7 Å². The van der Waals surface area contributed by atoms with E-state index in [9.17, 15) is 4.79 Å². The Balaban J connectivity index is 1.68. The van der Waals surface area contributed by atoms with E-state index in [1.165, 1.54) is 11.0 Å². The lowest BCUT2D eigenvalue weighted by Gasteiger charge is -2.12. The second-order valence-corrected chi connectivity index (χ2v) is 6.53. The zero-order valence-electron chi connectivity index (χ0n) is 16.3. The van der Waals surface area contributed by atoms with Gasteiger partial charge in [0.15, 0.2) is 11.5 Å². The summed E-state index contributed by atoms with van der Waals surface area (Å²) in [6, 6.07) is 12.6. The van der Waals surface area contributed by atoms with Crippen molar-refractivity contribution in [3.05, 3.63) is 65.0 Å². The van der Waals surface area contributed by atoms with Crippen molar-refractivity contribution in [3.8, 4) is 23.0 Å². The van der Waals surface area contributed by atoms with Gasteiger partial charge in [-0.25, -0.2) is 0 Å². The van der Waals surface area contributed by atoms with Crippen molar-refractivity contribution >= 4 is 23.6 Å². The van der Waals surface area contributed by atoms with Crippen LogP contribution in [0.1, 0.15) is 11.5 Å². The Kier molecular flexibility index (Phi) is 6.51. The number of halogens is 1. The number of carbonyl (C=O) groups is 1. The third-order valence-electron chi connectivity index (χ3n) is 4.16. The van der Waals surface area contributed by atoms with E-state index in [1.807, 2.05) is 18.2 Å². The molecule has 0 radical (unpaired) electrons. The molecule has 0 saturated heterocycles. The molecule has 0 spiro atoms. The number of aromatic nitrogens is 2. The fourth-order valence-electron chi connectivity index (χ4n) is 2.58. The highest BCUT2D eigenvalue weighted by Crippen LogP contribution is 2.31. The summed E-state index contributed by atoms with van der Waals surface area (Å²) < 4.78 is 16.2. The molecule has 0 fully saturated rings. The molecule has 0 bridgehead atoms. The highest BCUT2D eigenvalue weighted by molar-refractivity contribution is 6.32. The predicted octanol–water partition coefficient (Wildman–Crippen LogP) is 4.08. The van der Waals surface area contributed by atoms with Crippen molar-refractivity contribution in [2.24, 2.45) is 0 Å². The molecule has 0 atom stereocenters. The molecular weight excluding hydrogens is 394 g/mol. The largest absolute Gasteiger partial charge is 0.493 e. The van der Waals surface area contributed by atoms with Gasteiger partial charge in [0.1, 0.15) is 0 Å². The van der Waals surface area contributed by atoms with Crippen LogP contribution in [0.5, 0.6) is 11.5 Å². The summed E-state index contributed by atoms with van der Waals surface area (Å²) in [6.07, 6.45) is 3.12. The van der Waals surface area contributed by atoms with Crippen LogP contribution >= 0.6 is 11.6 Å². The van der Waals surface area contributed by atoms with E-state index < -0.39 is 0 Å². The Bertz CT molecular complexity index is 1030. The number of hydrogen-bond donors (Lipinski definition) is 0. The SMILES string of the molecule is COc1ccc(-c2nnc(CN(C)C(=O)/C=C/c3ccccc3Cl)o2)cc1OC. The topological polar surface area (TPSA) is 77.7 Å². The molecule has 0 aliphatic rings. The fourth-order valence-corrected chi connectivity index (χ4v) is 2.78. The molecule has 2 aromatic carbocycles. The molecule has 150 valence electrons. The molecule has 0 saturated carbocycles. The highest BCUT2D eigenvalue weighted by Gasteiger charge is 2.15. The summed E-state index contributed by atoms with van der Waals surface area (Å²) in [6.45, 7) is 0.173. The number of likely N-dealkylation sites (N-methyl/N-ethyl adjacent to an activating group) is 1. The molecule has 1 amide bonds. The number of nitrogens with zero attached hydrogens (tertiary/aromatic N) is 3. The third kappa shape index (κ3) is 4.94. The van der Waals surface area contributed by atoms with E-state index in [-0.39, 0.29) is 12.5 Å². The number of hydrogen-bond acceptors (Lipinski definition) is 6. The molecule has 3 rings (SSSR count). The summed E-state index contributed by atoms with van der Waals surface area (Å²) in [5, 5.41) is 8.65. The van der Waals surface area contributed by atoms with Crippen molar-refractivity contribution < 1.29 is 18.7 Å². The van der Waals surface area contributed by atoms with Crippen molar-refractivity contribution in [1.29, 1.82) is 0 Å². The number of carbonyl (C=O) groups excluding carboxylic acids is 1. The lowest BCUT2D eigenvalue weighted by Crippen LogP contribution is -2.24. The molecule has 3 aromatic rings. The minimum absolute atomic E-state index is 0.173. The van der Waals surface area contributed by atoms with Crippen LogP contribution in [0.15, 0.2) is 53.0 Å². The first-order valence-corrected chi connectivity index (χ1v) is 9.12. The van der Waals surface area contributed by atoms with Crippen LogP contribution in [0, 0.1) is 0 Å². The molecule has 1 aromatic heterocycles. The first kappa shape index (κ1) is 20.4. The van der Waals surface area contributed by atoms with Gasteiger partial charge in [0.25, 0.3) is 0 Å². The van der Waals surface area contributed by atoms with E-state index in [1.54, 1.807) is 51.6 Å². The standard InChI is InChI=1S/C21H20ClN3O4/c1-25(20(26)11-9-14-6-4-5-7-16(14)22)13-19-23-24-21(29-19)15-8-10-17(27-2)18(12-15)28-3/h4-12H,13H2,1-3H3/b11-9+. The molecule has 0 aliphatic heterocycles. The molecule has 0 unspecified atom stereocenters. The van der Waals surface area contributed by atoms with Crippen LogP contribution in [0.3, 0.4) is 0 Å². The third-order valence-corrected chi connectivity index (χ3v) is 4.50.